The van der Waals surface area contributed by atoms with Crippen LogP contribution in [0.3, 0.4) is 0 Å². The highest BCUT2D eigenvalue weighted by Crippen LogP contribution is 2.37. The summed E-state index contributed by atoms with van der Waals surface area (Å²) in [6.45, 7) is 0. The van der Waals surface area contributed by atoms with Crippen LogP contribution in [0, 0.1) is 0 Å². The van der Waals surface area contributed by atoms with Gasteiger partial charge in [-0.1, -0.05) is 18.2 Å². The first-order valence-corrected chi connectivity index (χ1v) is 6.15. The van der Waals surface area contributed by atoms with Crippen molar-refractivity contribution in [2.75, 3.05) is 4.90 Å². The number of nitrogens with one attached hydrogen (secondary N) is 1. The Kier molecular flexibility index (Phi) is 3.03. The Labute approximate surface area is 118 Å². The molecule has 0 spiro atoms. The number of halogens is 3. The highest BCUT2D eigenvalue weighted by Gasteiger charge is 2.49. The third-order valence-corrected chi connectivity index (χ3v) is 3.21. The van der Waals surface area contributed by atoms with Gasteiger partial charge in [-0.25, -0.2) is 4.90 Å². The van der Waals surface area contributed by atoms with E-state index in [4.69, 9.17) is 11.5 Å². The number of hydrogen-bond donors (Lipinski definition) is 3. The molecule has 2 atom stereocenters. The van der Waals surface area contributed by atoms with Crippen molar-refractivity contribution in [2.24, 2.45) is 16.5 Å². The Balaban J connectivity index is 2.09. The van der Waals surface area contributed by atoms with E-state index in [1.807, 2.05) is 0 Å². The number of alkyl halides is 3. The van der Waals surface area contributed by atoms with Crippen LogP contribution in [0.5, 0.6) is 0 Å². The molecule has 5 N–H and O–H groups in total. The molecule has 2 aliphatic heterocycles. The Morgan fingerprint density at radius 1 is 1.14 bits per heavy atom. The van der Waals surface area contributed by atoms with E-state index in [9.17, 15) is 13.2 Å². The van der Waals surface area contributed by atoms with Gasteiger partial charge in [0.15, 0.2) is 12.6 Å². The van der Waals surface area contributed by atoms with Crippen LogP contribution in [0.1, 0.15) is 0 Å². The topological polar surface area (TPSA) is 82.9 Å². The molecule has 0 radical (unpaired) electrons. The summed E-state index contributed by atoms with van der Waals surface area (Å²) in [4.78, 5) is 5.07. The molecule has 0 aromatic heterocycles. The molecule has 3 rings (SSSR count). The molecule has 0 aliphatic carbocycles. The monoisotopic (exact) mass is 298 g/mol. The van der Waals surface area contributed by atoms with Gasteiger partial charge in [-0.2, -0.15) is 0 Å². The SMILES string of the molecule is NC1NC2=C(N1c1ccccc1)N(C(F)(F)F)C(N)N=C2. The van der Waals surface area contributed by atoms with Gasteiger partial charge < -0.3 is 5.32 Å². The van der Waals surface area contributed by atoms with Gasteiger partial charge in [-0.15, -0.1) is 13.2 Å². The number of benzene rings is 1. The van der Waals surface area contributed by atoms with Crippen LogP contribution < -0.4 is 21.7 Å². The minimum Gasteiger partial charge on any atom is -0.349 e. The number of anilines is 1. The number of para-hydroxylation sites is 1. The molecule has 6 nitrogen and oxygen atoms in total. The van der Waals surface area contributed by atoms with Crippen LogP contribution in [-0.2, 0) is 0 Å². The van der Waals surface area contributed by atoms with E-state index in [0.29, 0.717) is 5.69 Å². The van der Waals surface area contributed by atoms with Crippen molar-refractivity contribution in [3.63, 3.8) is 0 Å². The third kappa shape index (κ3) is 2.20. The van der Waals surface area contributed by atoms with Crippen molar-refractivity contribution >= 4 is 11.9 Å². The molecule has 1 aromatic carbocycles. The van der Waals surface area contributed by atoms with Crippen molar-refractivity contribution in [1.29, 1.82) is 0 Å². The maximum Gasteiger partial charge on any atom is 0.488 e. The predicted octanol–water partition coefficient (Wildman–Crippen LogP) is 0.656. The van der Waals surface area contributed by atoms with E-state index in [2.05, 4.69) is 10.3 Å². The maximum absolute atomic E-state index is 13.3. The van der Waals surface area contributed by atoms with Crippen LogP contribution in [0.4, 0.5) is 18.9 Å². The number of rotatable bonds is 1. The lowest BCUT2D eigenvalue weighted by Crippen LogP contribution is -2.55. The molecule has 2 heterocycles. The summed E-state index contributed by atoms with van der Waals surface area (Å²) >= 11 is 0. The average molecular weight is 298 g/mol. The van der Waals surface area contributed by atoms with Gasteiger partial charge in [0.05, 0.1) is 11.9 Å². The molecule has 2 unspecified atom stereocenters. The molecule has 2 aliphatic rings. The maximum atomic E-state index is 13.3. The molecule has 21 heavy (non-hydrogen) atoms. The van der Waals surface area contributed by atoms with Gasteiger partial charge in [-0.05, 0) is 12.1 Å². The molecule has 0 amide bonds. The van der Waals surface area contributed by atoms with E-state index < -0.39 is 18.9 Å². The molecule has 9 heteroatoms. The lowest BCUT2D eigenvalue weighted by molar-refractivity contribution is -0.244. The number of nitrogens with zero attached hydrogens (tertiary/aromatic N) is 3. The molecular formula is C12H13F3N6. The molecule has 1 aromatic rings. The zero-order chi connectivity index (χ0) is 15.2. The molecule has 0 saturated carbocycles. The first-order valence-electron chi connectivity index (χ1n) is 6.15. The zero-order valence-electron chi connectivity index (χ0n) is 10.7. The summed E-state index contributed by atoms with van der Waals surface area (Å²) < 4.78 is 39.9. The van der Waals surface area contributed by atoms with E-state index in [0.717, 1.165) is 0 Å². The molecule has 0 saturated heterocycles. The number of hydrogen-bond acceptors (Lipinski definition) is 6. The third-order valence-electron chi connectivity index (χ3n) is 3.21. The van der Waals surface area contributed by atoms with Crippen LogP contribution in [0.2, 0.25) is 0 Å². The minimum atomic E-state index is -4.67. The fraction of sp³-hybridized carbons (Fsp3) is 0.250. The van der Waals surface area contributed by atoms with Crippen molar-refractivity contribution in [1.82, 2.24) is 10.2 Å². The minimum absolute atomic E-state index is 0.0925. The first-order chi connectivity index (χ1) is 9.89. The van der Waals surface area contributed by atoms with Gasteiger partial charge in [0.25, 0.3) is 0 Å². The smallest absolute Gasteiger partial charge is 0.349 e. The first kappa shape index (κ1) is 13.7. The van der Waals surface area contributed by atoms with E-state index >= 15 is 0 Å². The standard InChI is InChI=1S/C12H13F3N6/c13-12(14,15)21-9-8(6-18-10(21)16)19-11(17)20(9)7-4-2-1-3-5-7/h1-6,10-11,19H,16-17H2. The van der Waals surface area contributed by atoms with Gasteiger partial charge >= 0.3 is 6.30 Å². The van der Waals surface area contributed by atoms with Crippen molar-refractivity contribution < 1.29 is 13.2 Å². The fourth-order valence-corrected chi connectivity index (χ4v) is 2.38. The van der Waals surface area contributed by atoms with Gasteiger partial charge in [0.1, 0.15) is 5.82 Å². The number of nitrogens with two attached hydrogens (primary N) is 2. The van der Waals surface area contributed by atoms with E-state index in [1.165, 1.54) is 11.1 Å². The highest BCUT2D eigenvalue weighted by molar-refractivity contribution is 5.83. The van der Waals surface area contributed by atoms with Crippen LogP contribution in [0.15, 0.2) is 46.8 Å². The summed E-state index contributed by atoms with van der Waals surface area (Å²) in [5.74, 6) is -0.149. The molecule has 0 fully saturated rings. The summed E-state index contributed by atoms with van der Waals surface area (Å²) in [5, 5.41) is 2.76. The normalized spacial score (nSPS) is 25.2. The largest absolute Gasteiger partial charge is 0.488 e. The van der Waals surface area contributed by atoms with Crippen molar-refractivity contribution in [3.8, 4) is 0 Å². The Hall–Kier alpha value is -2.26. The van der Waals surface area contributed by atoms with Crippen molar-refractivity contribution in [3.05, 3.63) is 41.8 Å². The van der Waals surface area contributed by atoms with Crippen LogP contribution >= 0.6 is 0 Å². The number of allylic oxidation sites excluding steroid dienone is 1. The summed E-state index contributed by atoms with van der Waals surface area (Å²) in [7, 11) is 0. The molecule has 112 valence electrons. The zero-order valence-corrected chi connectivity index (χ0v) is 10.7. The Morgan fingerprint density at radius 2 is 1.81 bits per heavy atom. The summed E-state index contributed by atoms with van der Waals surface area (Å²) in [5.41, 5.74) is 12.1. The van der Waals surface area contributed by atoms with Gasteiger partial charge in [0.2, 0.25) is 0 Å². The lowest BCUT2D eigenvalue weighted by atomic mass is 10.3. The Bertz CT molecular complexity index is 597. The molecular weight excluding hydrogens is 285 g/mol. The van der Waals surface area contributed by atoms with Gasteiger partial charge in [0, 0.05) is 5.69 Å². The average Bonchev–Trinajstić information content (AvgIpc) is 2.74. The van der Waals surface area contributed by atoms with E-state index in [-0.39, 0.29) is 16.4 Å². The van der Waals surface area contributed by atoms with Crippen molar-refractivity contribution in [2.45, 2.75) is 18.9 Å². The van der Waals surface area contributed by atoms with Gasteiger partial charge in [-0.3, -0.25) is 21.4 Å². The highest BCUT2D eigenvalue weighted by atomic mass is 19.4. The van der Waals surface area contributed by atoms with Crippen LogP contribution in [0.25, 0.3) is 0 Å². The second kappa shape index (κ2) is 4.64. The summed E-state index contributed by atoms with van der Waals surface area (Å²) in [6, 6.07) is 8.54. The number of aliphatic imine (C=N–C) groups is 1. The lowest BCUT2D eigenvalue weighted by Gasteiger charge is -2.37. The van der Waals surface area contributed by atoms with E-state index in [1.54, 1.807) is 30.3 Å². The fourth-order valence-electron chi connectivity index (χ4n) is 2.38. The quantitative estimate of drug-likeness (QED) is 0.663. The Morgan fingerprint density at radius 3 is 2.43 bits per heavy atom. The second-order valence-corrected chi connectivity index (χ2v) is 4.56. The molecule has 0 bridgehead atoms. The summed E-state index contributed by atoms with van der Waals surface area (Å²) in [6.07, 6.45) is -5.78. The second-order valence-electron chi connectivity index (χ2n) is 4.56. The predicted molar refractivity (Wildman–Crippen MR) is 71.4 cm³/mol. The van der Waals surface area contributed by atoms with Crippen LogP contribution in [-0.4, -0.2) is 30.0 Å².